The molecule has 2 N–H and O–H groups in total. The molecule has 0 aliphatic carbocycles. The monoisotopic (exact) mass is 529 g/mol. The zero-order valence-electron chi connectivity index (χ0n) is 21.1. The first kappa shape index (κ1) is 24.8. The van der Waals surface area contributed by atoms with E-state index >= 15 is 0 Å². The van der Waals surface area contributed by atoms with E-state index in [9.17, 15) is 14.7 Å². The van der Waals surface area contributed by atoms with Crippen molar-refractivity contribution >= 4 is 40.5 Å². The fraction of sp³-hybridized carbons (Fsp3) is 0.0625. The number of hydrogen-bond acceptors (Lipinski definition) is 6. The van der Waals surface area contributed by atoms with Crippen molar-refractivity contribution in [3.05, 3.63) is 125 Å². The van der Waals surface area contributed by atoms with Crippen LogP contribution in [0.3, 0.4) is 0 Å². The average Bonchev–Trinajstić information content (AvgIpc) is 3.61. The Hall–Kier alpha value is -5.50. The number of anilines is 1. The largest absolute Gasteiger partial charge is 0.478 e. The number of hydrazone groups is 1. The van der Waals surface area contributed by atoms with Crippen molar-refractivity contribution in [2.75, 3.05) is 5.01 Å². The van der Waals surface area contributed by atoms with Gasteiger partial charge < -0.3 is 14.6 Å². The van der Waals surface area contributed by atoms with Gasteiger partial charge in [-0.15, -0.1) is 0 Å². The summed E-state index contributed by atoms with van der Waals surface area (Å²) in [5.41, 5.74) is 6.31. The number of hydrogen-bond donors (Lipinski definition) is 2. The van der Waals surface area contributed by atoms with E-state index in [2.05, 4.69) is 4.98 Å². The second-order valence-electron chi connectivity index (χ2n) is 9.38. The lowest BCUT2D eigenvalue weighted by molar-refractivity contribution is 0.0686. The van der Waals surface area contributed by atoms with E-state index in [1.54, 1.807) is 36.4 Å². The highest BCUT2D eigenvalue weighted by Gasteiger charge is 2.28. The number of aromatic nitrogens is 1. The quantitative estimate of drug-likeness (QED) is 0.235. The highest BCUT2D eigenvalue weighted by Crippen LogP contribution is 2.37. The maximum Gasteiger partial charge on any atom is 0.335 e. The van der Waals surface area contributed by atoms with Gasteiger partial charge in [0.2, 0.25) is 5.89 Å². The van der Waals surface area contributed by atoms with Gasteiger partial charge in [-0.1, -0.05) is 42.5 Å². The minimum atomic E-state index is -0.974. The molecule has 0 spiro atoms. The molecule has 8 heteroatoms. The molecule has 0 radical (unpaired) electrons. The number of carboxylic acid groups (broad SMARTS) is 2. The Morgan fingerprint density at radius 2 is 1.45 bits per heavy atom. The summed E-state index contributed by atoms with van der Waals surface area (Å²) in [5.74, 6) is -1.40. The van der Waals surface area contributed by atoms with Gasteiger partial charge in [-0.2, -0.15) is 5.10 Å². The van der Waals surface area contributed by atoms with Crippen molar-refractivity contribution in [3.63, 3.8) is 0 Å². The Morgan fingerprint density at radius 1 is 0.800 bits per heavy atom. The molecule has 8 nitrogen and oxygen atoms in total. The van der Waals surface area contributed by atoms with Gasteiger partial charge in [0, 0.05) is 12.0 Å². The maximum atomic E-state index is 11.4. The van der Waals surface area contributed by atoms with E-state index in [0.717, 1.165) is 39.2 Å². The summed E-state index contributed by atoms with van der Waals surface area (Å²) < 4.78 is 5.91. The molecule has 1 atom stereocenters. The van der Waals surface area contributed by atoms with Crippen molar-refractivity contribution in [3.8, 4) is 11.5 Å². The molecule has 1 aliphatic rings. The van der Waals surface area contributed by atoms with Crippen LogP contribution in [0, 0.1) is 0 Å². The second-order valence-corrected chi connectivity index (χ2v) is 9.38. The van der Waals surface area contributed by atoms with E-state index in [-0.39, 0.29) is 17.2 Å². The molecule has 1 aliphatic heterocycles. The van der Waals surface area contributed by atoms with Crippen LogP contribution < -0.4 is 5.01 Å². The maximum absolute atomic E-state index is 11.4. The molecular weight excluding hydrogens is 506 g/mol. The van der Waals surface area contributed by atoms with Crippen LogP contribution >= 0.6 is 0 Å². The van der Waals surface area contributed by atoms with Gasteiger partial charge in [0.1, 0.15) is 5.52 Å². The predicted molar refractivity (Wildman–Crippen MR) is 153 cm³/mol. The molecule has 0 fully saturated rings. The molecule has 6 rings (SSSR count). The number of carboxylic acids is 2. The number of carbonyl (C=O) groups is 2. The lowest BCUT2D eigenvalue weighted by Crippen LogP contribution is -2.18. The number of benzene rings is 4. The van der Waals surface area contributed by atoms with Gasteiger partial charge in [0.25, 0.3) is 0 Å². The summed E-state index contributed by atoms with van der Waals surface area (Å²) in [6.45, 7) is 0. The smallest absolute Gasteiger partial charge is 0.335 e. The zero-order valence-corrected chi connectivity index (χ0v) is 21.1. The summed E-state index contributed by atoms with van der Waals surface area (Å²) in [7, 11) is 0. The Bertz CT molecular complexity index is 1740. The fourth-order valence-electron chi connectivity index (χ4n) is 4.66. The number of rotatable bonds is 7. The average molecular weight is 530 g/mol. The molecular formula is C32H23N3O5. The zero-order chi connectivity index (χ0) is 27.6. The van der Waals surface area contributed by atoms with Crippen molar-refractivity contribution in [2.45, 2.75) is 12.5 Å². The third kappa shape index (κ3) is 4.98. The van der Waals surface area contributed by atoms with Crippen LogP contribution in [-0.4, -0.2) is 32.8 Å². The SMILES string of the molecule is O=C(O)c1ccc(C=CC2=NN(c3ccc(-c4nc5ccccc5o4)cc3)C(c3ccc(C(=O)O)cc3)C2)cc1. The molecule has 5 aromatic rings. The fourth-order valence-corrected chi connectivity index (χ4v) is 4.66. The first-order valence-electron chi connectivity index (χ1n) is 12.6. The Morgan fingerprint density at radius 3 is 2.10 bits per heavy atom. The van der Waals surface area contributed by atoms with Crippen molar-refractivity contribution in [1.82, 2.24) is 4.98 Å². The second kappa shape index (κ2) is 10.3. The molecule has 40 heavy (non-hydrogen) atoms. The van der Waals surface area contributed by atoms with E-state index in [4.69, 9.17) is 14.6 Å². The number of fused-ring (bicyclic) bond motifs is 1. The number of allylic oxidation sites excluding steroid dienone is 1. The first-order valence-corrected chi connectivity index (χ1v) is 12.6. The van der Waals surface area contributed by atoms with Crippen LogP contribution in [0.15, 0.2) is 113 Å². The lowest BCUT2D eigenvalue weighted by atomic mass is 9.99. The Labute approximate surface area is 229 Å². The van der Waals surface area contributed by atoms with Crippen molar-refractivity contribution in [2.24, 2.45) is 5.10 Å². The molecule has 1 aromatic heterocycles. The van der Waals surface area contributed by atoms with Crippen LogP contribution in [0.5, 0.6) is 0 Å². The summed E-state index contributed by atoms with van der Waals surface area (Å²) >= 11 is 0. The van der Waals surface area contributed by atoms with Crippen LogP contribution in [-0.2, 0) is 0 Å². The summed E-state index contributed by atoms with van der Waals surface area (Å²) in [5, 5.41) is 25.3. The van der Waals surface area contributed by atoms with Gasteiger partial charge in [-0.3, -0.25) is 5.01 Å². The summed E-state index contributed by atoms with van der Waals surface area (Å²) in [6.07, 6.45) is 4.42. The highest BCUT2D eigenvalue weighted by molar-refractivity contribution is 6.01. The standard InChI is InChI=1S/C32H23N3O5/c36-31(37)23-8-5-20(6-9-23)7-16-25-19-28(21-10-12-24(13-11-21)32(38)39)35(34-25)26-17-14-22(15-18-26)30-33-27-3-1-2-4-29(27)40-30/h1-18,28H,19H2,(H,36,37)(H,38,39). The highest BCUT2D eigenvalue weighted by atomic mass is 16.4. The van der Waals surface area contributed by atoms with E-state index in [0.29, 0.717) is 12.3 Å². The van der Waals surface area contributed by atoms with Crippen LogP contribution in [0.4, 0.5) is 5.69 Å². The van der Waals surface area contributed by atoms with E-state index in [1.165, 1.54) is 0 Å². The molecule has 4 aromatic carbocycles. The van der Waals surface area contributed by atoms with Gasteiger partial charge in [0.15, 0.2) is 5.58 Å². The first-order chi connectivity index (χ1) is 19.4. The topological polar surface area (TPSA) is 116 Å². The number of aromatic carboxylic acids is 2. The molecule has 1 unspecified atom stereocenters. The molecule has 2 heterocycles. The molecule has 0 saturated carbocycles. The van der Waals surface area contributed by atoms with Crippen LogP contribution in [0.2, 0.25) is 0 Å². The van der Waals surface area contributed by atoms with Crippen molar-refractivity contribution < 1.29 is 24.2 Å². The van der Waals surface area contributed by atoms with Gasteiger partial charge >= 0.3 is 11.9 Å². The van der Waals surface area contributed by atoms with Gasteiger partial charge in [-0.05, 0) is 77.9 Å². The Balaban J connectivity index is 1.30. The minimum absolute atomic E-state index is 0.146. The number of nitrogens with zero attached hydrogens (tertiary/aromatic N) is 3. The molecule has 196 valence electrons. The molecule has 0 saturated heterocycles. The number of oxazole rings is 1. The van der Waals surface area contributed by atoms with E-state index < -0.39 is 11.9 Å². The van der Waals surface area contributed by atoms with Gasteiger partial charge in [-0.25, -0.2) is 14.6 Å². The Kier molecular flexibility index (Phi) is 6.41. The molecule has 0 bridgehead atoms. The molecule has 0 amide bonds. The minimum Gasteiger partial charge on any atom is -0.478 e. The predicted octanol–water partition coefficient (Wildman–Crippen LogP) is 6.91. The van der Waals surface area contributed by atoms with Crippen LogP contribution in [0.1, 0.15) is 44.3 Å². The third-order valence-electron chi connectivity index (χ3n) is 6.77. The summed E-state index contributed by atoms with van der Waals surface area (Å²) in [6, 6.07) is 28.8. The van der Waals surface area contributed by atoms with E-state index in [1.807, 2.05) is 77.8 Å². The van der Waals surface area contributed by atoms with Crippen LogP contribution in [0.25, 0.3) is 28.6 Å². The van der Waals surface area contributed by atoms with Crippen molar-refractivity contribution in [1.29, 1.82) is 0 Å². The number of para-hydroxylation sites is 2. The van der Waals surface area contributed by atoms with Gasteiger partial charge in [0.05, 0.1) is 28.6 Å². The lowest BCUT2D eigenvalue weighted by Gasteiger charge is -2.24. The third-order valence-corrected chi connectivity index (χ3v) is 6.77. The normalized spacial score (nSPS) is 15.1. The summed E-state index contributed by atoms with van der Waals surface area (Å²) in [4.78, 5) is 27.1.